The van der Waals surface area contributed by atoms with Gasteiger partial charge in [-0.15, -0.1) is 11.3 Å². The third kappa shape index (κ3) is 4.45. The van der Waals surface area contributed by atoms with Crippen molar-refractivity contribution in [3.05, 3.63) is 34.7 Å². The van der Waals surface area contributed by atoms with Crippen LogP contribution in [0.5, 0.6) is 0 Å². The topological polar surface area (TPSA) is 83.1 Å². The maximum Gasteiger partial charge on any atom is 0.315 e. The van der Waals surface area contributed by atoms with Crippen LogP contribution in [0.4, 0.5) is 9.93 Å². The zero-order valence-corrected chi connectivity index (χ0v) is 17.5. The van der Waals surface area contributed by atoms with Gasteiger partial charge >= 0.3 is 6.03 Å². The largest absolute Gasteiger partial charge is 0.332 e. The molecule has 2 saturated heterocycles. The van der Waals surface area contributed by atoms with Crippen LogP contribution in [-0.2, 0) is 4.79 Å². The molecule has 0 unspecified atom stereocenters. The predicted molar refractivity (Wildman–Crippen MR) is 115 cm³/mol. The van der Waals surface area contributed by atoms with Gasteiger partial charge in [-0.3, -0.25) is 4.79 Å². The van der Waals surface area contributed by atoms with Crippen molar-refractivity contribution in [1.82, 2.24) is 15.6 Å². The lowest BCUT2D eigenvalue weighted by atomic mass is 10.0. The first-order chi connectivity index (χ1) is 13.6. The fourth-order valence-electron chi connectivity index (χ4n) is 3.58. The first-order valence-corrected chi connectivity index (χ1v) is 11.6. The van der Waals surface area contributed by atoms with Gasteiger partial charge in [-0.05, 0) is 18.9 Å². The highest BCUT2D eigenvalue weighted by molar-refractivity contribution is 8.00. The van der Waals surface area contributed by atoms with Crippen molar-refractivity contribution in [2.45, 2.75) is 43.0 Å². The van der Waals surface area contributed by atoms with E-state index in [1.807, 2.05) is 41.4 Å². The molecule has 3 amide bonds. The summed E-state index contributed by atoms with van der Waals surface area (Å²) in [5.74, 6) is 0.944. The lowest BCUT2D eigenvalue weighted by Gasteiger charge is -2.16. The number of thiazole rings is 1. The van der Waals surface area contributed by atoms with Crippen LogP contribution in [0.2, 0.25) is 5.02 Å². The van der Waals surface area contributed by atoms with Gasteiger partial charge in [0.15, 0.2) is 5.13 Å². The van der Waals surface area contributed by atoms with Gasteiger partial charge in [0.2, 0.25) is 5.91 Å². The second-order valence-corrected chi connectivity index (χ2v) is 9.47. The van der Waals surface area contributed by atoms with Crippen molar-refractivity contribution in [3.8, 4) is 11.3 Å². The van der Waals surface area contributed by atoms with Crippen LogP contribution >= 0.6 is 34.7 Å². The lowest BCUT2D eigenvalue weighted by Crippen LogP contribution is -2.36. The minimum atomic E-state index is -0.0562. The number of urea groups is 1. The molecule has 2 aliphatic heterocycles. The minimum absolute atomic E-state index is 0.0205. The normalized spacial score (nSPS) is 23.2. The quantitative estimate of drug-likeness (QED) is 0.450. The molecule has 3 heterocycles. The average Bonchev–Trinajstić information content (AvgIpc) is 3.36. The maximum absolute atomic E-state index is 12.2. The van der Waals surface area contributed by atoms with Gasteiger partial charge in [0, 0.05) is 33.4 Å². The highest BCUT2D eigenvalue weighted by Gasteiger charge is 2.42. The van der Waals surface area contributed by atoms with Crippen LogP contribution < -0.4 is 16.0 Å². The number of anilines is 1. The summed E-state index contributed by atoms with van der Waals surface area (Å²) in [5.41, 5.74) is 1.63. The molecule has 0 bridgehead atoms. The van der Waals surface area contributed by atoms with E-state index < -0.39 is 0 Å². The lowest BCUT2D eigenvalue weighted by molar-refractivity contribution is -0.116. The van der Waals surface area contributed by atoms with Crippen molar-refractivity contribution in [3.63, 3.8) is 0 Å². The van der Waals surface area contributed by atoms with Gasteiger partial charge in [-0.2, -0.15) is 11.8 Å². The third-order valence-electron chi connectivity index (χ3n) is 4.98. The van der Waals surface area contributed by atoms with Crippen LogP contribution in [0.3, 0.4) is 0 Å². The molecule has 148 valence electrons. The number of nitrogens with one attached hydrogen (secondary N) is 3. The Labute approximate surface area is 176 Å². The smallest absolute Gasteiger partial charge is 0.315 e. The zero-order valence-electron chi connectivity index (χ0n) is 15.1. The number of thioether (sulfide) groups is 1. The van der Waals surface area contributed by atoms with Crippen LogP contribution in [0.1, 0.15) is 25.7 Å². The molecule has 0 radical (unpaired) electrons. The van der Waals surface area contributed by atoms with Gasteiger partial charge in [0.05, 0.1) is 17.8 Å². The Morgan fingerprint density at radius 3 is 3.00 bits per heavy atom. The van der Waals surface area contributed by atoms with Crippen molar-refractivity contribution < 1.29 is 9.59 Å². The van der Waals surface area contributed by atoms with E-state index in [2.05, 4.69) is 20.9 Å². The number of fused-ring (bicyclic) bond motifs is 1. The number of carbonyl (C=O) groups excluding carboxylic acids is 2. The van der Waals surface area contributed by atoms with E-state index in [4.69, 9.17) is 11.6 Å². The summed E-state index contributed by atoms with van der Waals surface area (Å²) in [4.78, 5) is 28.1. The van der Waals surface area contributed by atoms with Crippen molar-refractivity contribution >= 4 is 51.8 Å². The Morgan fingerprint density at radius 1 is 1.29 bits per heavy atom. The molecule has 1 aromatic heterocycles. The monoisotopic (exact) mass is 436 g/mol. The van der Waals surface area contributed by atoms with Gasteiger partial charge in [0.1, 0.15) is 0 Å². The summed E-state index contributed by atoms with van der Waals surface area (Å²) in [6, 6.07) is 7.95. The molecule has 9 heteroatoms. The molecule has 2 fully saturated rings. The van der Waals surface area contributed by atoms with Gasteiger partial charge < -0.3 is 16.0 Å². The molecule has 3 N–H and O–H groups in total. The Hall–Kier alpha value is -1.77. The number of halogens is 1. The standard InChI is InChI=1S/C19H21ClN4O2S2/c20-12-6-2-1-5-11(12)13-9-28-19(22-13)23-16(25)8-4-3-7-15-17-14(10-27-15)21-18(26)24-17/h1-2,5-6,9,14-15,17H,3-4,7-8,10H2,(H2,21,24,26)(H,22,23,25)/t14-,15-,17-/m0/s1. The Balaban J connectivity index is 1.20. The molecule has 3 atom stereocenters. The number of nitrogens with zero attached hydrogens (tertiary/aromatic N) is 1. The second kappa shape index (κ2) is 8.71. The van der Waals surface area contributed by atoms with Crippen molar-refractivity contribution in [2.24, 2.45) is 0 Å². The molecule has 28 heavy (non-hydrogen) atoms. The molecule has 2 aliphatic rings. The van der Waals surface area contributed by atoms with Crippen LogP contribution in [0.15, 0.2) is 29.6 Å². The number of carbonyl (C=O) groups is 2. The first kappa shape index (κ1) is 19.5. The highest BCUT2D eigenvalue weighted by Crippen LogP contribution is 2.33. The van der Waals surface area contributed by atoms with E-state index in [-0.39, 0.29) is 24.0 Å². The summed E-state index contributed by atoms with van der Waals surface area (Å²) in [5, 5.41) is 12.4. The number of rotatable bonds is 7. The SMILES string of the molecule is O=C(CCCC[C@@H]1SC[C@@H]2NC(=O)N[C@@H]21)Nc1nc(-c2ccccc2Cl)cs1. The first-order valence-electron chi connectivity index (χ1n) is 9.29. The number of hydrogen-bond acceptors (Lipinski definition) is 5. The number of unbranched alkanes of at least 4 members (excludes halogenated alkanes) is 1. The van der Waals surface area contributed by atoms with Crippen molar-refractivity contribution in [1.29, 1.82) is 0 Å². The average molecular weight is 437 g/mol. The van der Waals surface area contributed by atoms with E-state index >= 15 is 0 Å². The summed E-state index contributed by atoms with van der Waals surface area (Å²) in [6.45, 7) is 0. The summed E-state index contributed by atoms with van der Waals surface area (Å²) in [6.07, 6.45) is 3.27. The Kier molecular flexibility index (Phi) is 6.08. The van der Waals surface area contributed by atoms with E-state index in [0.717, 1.165) is 36.3 Å². The number of hydrogen-bond donors (Lipinski definition) is 3. The Bertz CT molecular complexity index is 875. The summed E-state index contributed by atoms with van der Waals surface area (Å²) < 4.78 is 0. The minimum Gasteiger partial charge on any atom is -0.332 e. The molecular formula is C19H21ClN4O2S2. The third-order valence-corrected chi connectivity index (χ3v) is 7.58. The zero-order chi connectivity index (χ0) is 19.5. The van der Waals surface area contributed by atoms with E-state index in [9.17, 15) is 9.59 Å². The fraction of sp³-hybridized carbons (Fsp3) is 0.421. The molecule has 1 aromatic carbocycles. The van der Waals surface area contributed by atoms with Crippen LogP contribution in [0, 0.1) is 0 Å². The number of aromatic nitrogens is 1. The van der Waals surface area contributed by atoms with Gasteiger partial charge in [-0.1, -0.05) is 36.2 Å². The van der Waals surface area contributed by atoms with E-state index in [0.29, 0.717) is 21.8 Å². The molecular weight excluding hydrogens is 416 g/mol. The van der Waals surface area contributed by atoms with Crippen LogP contribution in [0.25, 0.3) is 11.3 Å². The van der Waals surface area contributed by atoms with E-state index in [1.54, 1.807) is 0 Å². The molecule has 4 rings (SSSR count). The van der Waals surface area contributed by atoms with Gasteiger partial charge in [-0.25, -0.2) is 9.78 Å². The molecule has 6 nitrogen and oxygen atoms in total. The Morgan fingerprint density at radius 2 is 2.14 bits per heavy atom. The van der Waals surface area contributed by atoms with Crippen molar-refractivity contribution in [2.75, 3.05) is 11.1 Å². The fourth-order valence-corrected chi connectivity index (χ4v) is 6.08. The molecule has 0 saturated carbocycles. The maximum atomic E-state index is 12.2. The number of amides is 3. The molecule has 2 aromatic rings. The molecule has 0 aliphatic carbocycles. The molecule has 0 spiro atoms. The predicted octanol–water partition coefficient (Wildman–Crippen LogP) is 4.13. The number of benzene rings is 1. The summed E-state index contributed by atoms with van der Waals surface area (Å²) >= 11 is 9.50. The summed E-state index contributed by atoms with van der Waals surface area (Å²) in [7, 11) is 0. The highest BCUT2D eigenvalue weighted by atomic mass is 35.5. The van der Waals surface area contributed by atoms with Crippen LogP contribution in [-0.4, -0.2) is 40.0 Å². The van der Waals surface area contributed by atoms with Gasteiger partial charge in [0.25, 0.3) is 0 Å². The second-order valence-electron chi connectivity index (χ2n) is 6.93. The van der Waals surface area contributed by atoms with E-state index in [1.165, 1.54) is 11.3 Å².